The maximum absolute atomic E-state index is 11.8. The molecule has 0 unspecified atom stereocenters. The van der Waals surface area contributed by atoms with E-state index >= 15 is 0 Å². The molecule has 0 aromatic heterocycles. The number of ether oxygens (including phenoxy) is 1. The quantitative estimate of drug-likeness (QED) is 0.526. The molecule has 0 bridgehead atoms. The van der Waals surface area contributed by atoms with Crippen molar-refractivity contribution in [2.45, 2.75) is 52.9 Å². The zero-order valence-corrected chi connectivity index (χ0v) is 10.1. The summed E-state index contributed by atoms with van der Waals surface area (Å²) in [5, 5.41) is 0. The first kappa shape index (κ1) is 12.3. The number of esters is 1. The molecule has 86 valence electrons. The summed E-state index contributed by atoms with van der Waals surface area (Å²) < 4.78 is 5.12. The summed E-state index contributed by atoms with van der Waals surface area (Å²) in [6.07, 6.45) is 6.12. The second kappa shape index (κ2) is 5.94. The molecule has 0 N–H and O–H groups in total. The van der Waals surface area contributed by atoms with Gasteiger partial charge in [0.1, 0.15) is 0 Å². The van der Waals surface area contributed by atoms with Crippen LogP contribution in [0.5, 0.6) is 0 Å². The fourth-order valence-corrected chi connectivity index (χ4v) is 2.38. The molecule has 0 aliphatic heterocycles. The van der Waals surface area contributed by atoms with Gasteiger partial charge < -0.3 is 4.74 Å². The van der Waals surface area contributed by atoms with Gasteiger partial charge in [0.05, 0.1) is 6.61 Å². The smallest absolute Gasteiger partial charge is 0.334 e. The predicted octanol–water partition coefficient (Wildman–Crippen LogP) is 3.47. The van der Waals surface area contributed by atoms with Crippen molar-refractivity contribution in [2.24, 2.45) is 5.92 Å². The van der Waals surface area contributed by atoms with Crippen molar-refractivity contribution < 1.29 is 9.53 Å². The molecule has 1 saturated carbocycles. The topological polar surface area (TPSA) is 26.3 Å². The highest BCUT2D eigenvalue weighted by Gasteiger charge is 2.24. The lowest BCUT2D eigenvalue weighted by Crippen LogP contribution is -2.19. The lowest BCUT2D eigenvalue weighted by atomic mass is 9.82. The number of allylic oxidation sites excluding steroid dienone is 1. The first-order chi connectivity index (χ1) is 7.16. The SMILES string of the molecule is CCOC(=O)C(=C(C)C)C1CCCCC1. The third-order valence-corrected chi connectivity index (χ3v) is 3.05. The van der Waals surface area contributed by atoms with E-state index in [0.717, 1.165) is 24.0 Å². The summed E-state index contributed by atoms with van der Waals surface area (Å²) >= 11 is 0. The molecule has 0 radical (unpaired) electrons. The van der Waals surface area contributed by atoms with Gasteiger partial charge in [-0.1, -0.05) is 24.8 Å². The highest BCUT2D eigenvalue weighted by atomic mass is 16.5. The fourth-order valence-electron chi connectivity index (χ4n) is 2.38. The molecule has 0 heterocycles. The van der Waals surface area contributed by atoms with Gasteiger partial charge >= 0.3 is 5.97 Å². The van der Waals surface area contributed by atoms with E-state index in [9.17, 15) is 4.79 Å². The summed E-state index contributed by atoms with van der Waals surface area (Å²) in [4.78, 5) is 11.8. The molecule has 2 nitrogen and oxygen atoms in total. The van der Waals surface area contributed by atoms with Crippen LogP contribution in [-0.4, -0.2) is 12.6 Å². The Morgan fingerprint density at radius 1 is 1.20 bits per heavy atom. The van der Waals surface area contributed by atoms with Gasteiger partial charge in [0, 0.05) is 5.57 Å². The zero-order chi connectivity index (χ0) is 11.3. The molecule has 2 heteroatoms. The van der Waals surface area contributed by atoms with Crippen molar-refractivity contribution in [3.63, 3.8) is 0 Å². The summed E-state index contributed by atoms with van der Waals surface area (Å²) in [6.45, 7) is 6.37. The summed E-state index contributed by atoms with van der Waals surface area (Å²) in [7, 11) is 0. The molecule has 1 rings (SSSR count). The fraction of sp³-hybridized carbons (Fsp3) is 0.769. The third-order valence-electron chi connectivity index (χ3n) is 3.05. The lowest BCUT2D eigenvalue weighted by molar-refractivity contribution is -0.139. The van der Waals surface area contributed by atoms with Gasteiger partial charge in [0.2, 0.25) is 0 Å². The molecule has 0 aromatic carbocycles. The number of hydrogen-bond acceptors (Lipinski definition) is 2. The molecule has 0 saturated heterocycles. The van der Waals surface area contributed by atoms with Crippen molar-refractivity contribution in [1.29, 1.82) is 0 Å². The number of carbonyl (C=O) groups excluding carboxylic acids is 1. The van der Waals surface area contributed by atoms with Gasteiger partial charge in [-0.15, -0.1) is 0 Å². The standard InChI is InChI=1S/C13H22O2/c1-4-15-13(14)12(10(2)3)11-8-6-5-7-9-11/h11H,4-9H2,1-3H3. The third kappa shape index (κ3) is 3.37. The van der Waals surface area contributed by atoms with E-state index in [1.165, 1.54) is 19.3 Å². The van der Waals surface area contributed by atoms with Gasteiger partial charge in [-0.3, -0.25) is 0 Å². The Kier molecular flexibility index (Phi) is 4.86. The first-order valence-corrected chi connectivity index (χ1v) is 6.01. The van der Waals surface area contributed by atoms with Crippen molar-refractivity contribution >= 4 is 5.97 Å². The van der Waals surface area contributed by atoms with Gasteiger partial charge in [-0.2, -0.15) is 0 Å². The predicted molar refractivity (Wildman–Crippen MR) is 61.6 cm³/mol. The van der Waals surface area contributed by atoms with E-state index in [0.29, 0.717) is 12.5 Å². The molecule has 0 spiro atoms. The molecule has 1 aliphatic carbocycles. The minimum atomic E-state index is -0.0931. The van der Waals surface area contributed by atoms with Gasteiger partial charge in [-0.25, -0.2) is 4.79 Å². The van der Waals surface area contributed by atoms with Crippen LogP contribution in [0.15, 0.2) is 11.1 Å². The first-order valence-electron chi connectivity index (χ1n) is 6.01. The maximum Gasteiger partial charge on any atom is 0.334 e. The van der Waals surface area contributed by atoms with Crippen molar-refractivity contribution in [3.8, 4) is 0 Å². The largest absolute Gasteiger partial charge is 0.463 e. The van der Waals surface area contributed by atoms with E-state index in [1.54, 1.807) is 0 Å². The second-order valence-corrected chi connectivity index (χ2v) is 4.47. The van der Waals surface area contributed by atoms with Gasteiger partial charge in [-0.05, 0) is 39.5 Å². The lowest BCUT2D eigenvalue weighted by Gasteiger charge is -2.24. The molecule has 0 amide bonds. The molecular formula is C13H22O2. The Hall–Kier alpha value is -0.790. The van der Waals surface area contributed by atoms with Gasteiger partial charge in [0.25, 0.3) is 0 Å². The van der Waals surface area contributed by atoms with Crippen LogP contribution in [0.4, 0.5) is 0 Å². The van der Waals surface area contributed by atoms with E-state index in [-0.39, 0.29) is 5.97 Å². The number of carbonyl (C=O) groups is 1. The maximum atomic E-state index is 11.8. The van der Waals surface area contributed by atoms with E-state index < -0.39 is 0 Å². The molecule has 1 aliphatic rings. The number of rotatable bonds is 3. The molecule has 1 fully saturated rings. The van der Waals surface area contributed by atoms with Crippen LogP contribution < -0.4 is 0 Å². The molecular weight excluding hydrogens is 188 g/mol. The Labute approximate surface area is 92.7 Å². The average Bonchev–Trinajstić information content (AvgIpc) is 2.19. The van der Waals surface area contributed by atoms with E-state index in [1.807, 2.05) is 20.8 Å². The molecule has 15 heavy (non-hydrogen) atoms. The van der Waals surface area contributed by atoms with Crippen LogP contribution in [-0.2, 0) is 9.53 Å². The Balaban J connectivity index is 2.73. The van der Waals surface area contributed by atoms with Crippen LogP contribution in [0.2, 0.25) is 0 Å². The zero-order valence-electron chi connectivity index (χ0n) is 10.1. The number of hydrogen-bond donors (Lipinski definition) is 0. The van der Waals surface area contributed by atoms with Crippen LogP contribution in [0.25, 0.3) is 0 Å². The monoisotopic (exact) mass is 210 g/mol. The van der Waals surface area contributed by atoms with E-state index in [4.69, 9.17) is 4.74 Å². The average molecular weight is 210 g/mol. The van der Waals surface area contributed by atoms with Crippen LogP contribution in [0.1, 0.15) is 52.9 Å². The van der Waals surface area contributed by atoms with Crippen molar-refractivity contribution in [1.82, 2.24) is 0 Å². The normalized spacial score (nSPS) is 17.3. The second-order valence-electron chi connectivity index (χ2n) is 4.47. The van der Waals surface area contributed by atoms with Gasteiger partial charge in [0.15, 0.2) is 0 Å². The Bertz CT molecular complexity index is 243. The molecule has 0 aromatic rings. The highest BCUT2D eigenvalue weighted by Crippen LogP contribution is 2.31. The van der Waals surface area contributed by atoms with Crippen LogP contribution in [0.3, 0.4) is 0 Å². The summed E-state index contributed by atoms with van der Waals surface area (Å²) in [6, 6.07) is 0. The van der Waals surface area contributed by atoms with Crippen molar-refractivity contribution in [2.75, 3.05) is 6.61 Å². The summed E-state index contributed by atoms with van der Waals surface area (Å²) in [5.41, 5.74) is 2.07. The van der Waals surface area contributed by atoms with Crippen molar-refractivity contribution in [3.05, 3.63) is 11.1 Å². The highest BCUT2D eigenvalue weighted by molar-refractivity contribution is 5.89. The van der Waals surface area contributed by atoms with Crippen LogP contribution >= 0.6 is 0 Å². The Morgan fingerprint density at radius 3 is 2.27 bits per heavy atom. The minimum absolute atomic E-state index is 0.0931. The van der Waals surface area contributed by atoms with Crippen LogP contribution in [0, 0.1) is 5.92 Å². The minimum Gasteiger partial charge on any atom is -0.463 e. The van der Waals surface area contributed by atoms with E-state index in [2.05, 4.69) is 0 Å². The summed E-state index contributed by atoms with van der Waals surface area (Å²) in [5.74, 6) is 0.354. The molecule has 0 atom stereocenters. The Morgan fingerprint density at radius 2 is 1.80 bits per heavy atom.